The predicted octanol–water partition coefficient (Wildman–Crippen LogP) is 7.69. The first kappa shape index (κ1) is 22.5. The van der Waals surface area contributed by atoms with Gasteiger partial charge in [0.25, 0.3) is 0 Å². The highest BCUT2D eigenvalue weighted by Crippen LogP contribution is 2.47. The molecule has 0 fully saturated rings. The summed E-state index contributed by atoms with van der Waals surface area (Å²) in [5.74, 6) is -0.524. The maximum atomic E-state index is 14.1. The zero-order valence-corrected chi connectivity index (χ0v) is 21.0. The molecule has 0 bridgehead atoms. The van der Waals surface area contributed by atoms with Crippen LogP contribution in [0.5, 0.6) is 0 Å². The number of pyridine rings is 2. The van der Waals surface area contributed by atoms with Gasteiger partial charge in [-0.05, 0) is 28.8 Å². The van der Waals surface area contributed by atoms with E-state index in [0.29, 0.717) is 5.56 Å². The summed E-state index contributed by atoms with van der Waals surface area (Å²) in [5.41, 5.74) is 5.14. The first-order chi connectivity index (χ1) is 18.8. The van der Waals surface area contributed by atoms with Crippen molar-refractivity contribution >= 4 is 32.6 Å². The van der Waals surface area contributed by atoms with Crippen LogP contribution in [-0.2, 0) is 5.54 Å². The molecule has 0 saturated heterocycles. The first-order valence-electron chi connectivity index (χ1n) is 12.3. The van der Waals surface area contributed by atoms with Crippen LogP contribution in [0.25, 0.3) is 31.8 Å². The lowest BCUT2D eigenvalue weighted by atomic mass is 9.76. The van der Waals surface area contributed by atoms with Crippen molar-refractivity contribution in [3.05, 3.63) is 150 Å². The Morgan fingerprint density at radius 2 is 1.32 bits per heavy atom. The Labute approximate surface area is 222 Å². The second kappa shape index (κ2) is 9.01. The molecule has 0 radical (unpaired) electrons. The molecule has 38 heavy (non-hydrogen) atoms. The largest absolute Gasteiger partial charge is 0.306 e. The van der Waals surface area contributed by atoms with Crippen molar-refractivity contribution in [2.75, 3.05) is 0 Å². The number of hydrogen-bond donors (Lipinski definition) is 0. The second-order valence-electron chi connectivity index (χ2n) is 9.08. The van der Waals surface area contributed by atoms with Crippen LogP contribution in [-0.4, -0.2) is 19.5 Å². The third-order valence-electron chi connectivity index (χ3n) is 6.99. The smallest absolute Gasteiger partial charge is 0.213 e. The SMILES string of the molecule is Fc1cc(-c2nc3c(s2)c2cnccc2n3C(c2ccccc2)(c2ccccc2)c2ccccc2)ccn1. The van der Waals surface area contributed by atoms with Gasteiger partial charge in [-0.3, -0.25) is 4.98 Å². The molecule has 0 amide bonds. The summed E-state index contributed by atoms with van der Waals surface area (Å²) < 4.78 is 17.4. The highest BCUT2D eigenvalue weighted by molar-refractivity contribution is 7.22. The van der Waals surface area contributed by atoms with Crippen molar-refractivity contribution in [3.63, 3.8) is 0 Å². The van der Waals surface area contributed by atoms with Gasteiger partial charge in [0.2, 0.25) is 5.95 Å². The number of fused-ring (bicyclic) bond motifs is 3. The fraction of sp³-hybridized carbons (Fsp3) is 0.0312. The van der Waals surface area contributed by atoms with E-state index in [1.165, 1.54) is 12.3 Å². The van der Waals surface area contributed by atoms with E-state index >= 15 is 0 Å². The average Bonchev–Trinajstić information content (AvgIpc) is 3.54. The van der Waals surface area contributed by atoms with Crippen LogP contribution in [0.4, 0.5) is 4.39 Å². The van der Waals surface area contributed by atoms with Crippen LogP contribution >= 0.6 is 11.3 Å². The second-order valence-corrected chi connectivity index (χ2v) is 10.1. The summed E-state index contributed by atoms with van der Waals surface area (Å²) in [4.78, 5) is 13.4. The third kappa shape index (κ3) is 3.38. The maximum absolute atomic E-state index is 14.1. The lowest BCUT2D eigenvalue weighted by Gasteiger charge is -2.38. The van der Waals surface area contributed by atoms with E-state index in [2.05, 4.69) is 93.4 Å². The van der Waals surface area contributed by atoms with E-state index in [1.54, 1.807) is 17.4 Å². The Morgan fingerprint density at radius 1 is 0.711 bits per heavy atom. The standard InChI is InChI=1S/C32H21FN4S/c33-28-20-22(16-19-35-28)31-36-30-29(38-31)26-21-34-18-17-27(26)37(30)32(23-10-4-1-5-11-23,24-12-6-2-7-13-24)25-14-8-3-9-15-25/h1-21H. The van der Waals surface area contributed by atoms with E-state index in [0.717, 1.165) is 42.9 Å². The molecule has 4 nitrogen and oxygen atoms in total. The van der Waals surface area contributed by atoms with Gasteiger partial charge < -0.3 is 4.57 Å². The highest BCUT2D eigenvalue weighted by atomic mass is 32.1. The van der Waals surface area contributed by atoms with Gasteiger partial charge in [0.15, 0.2) is 5.65 Å². The summed E-state index contributed by atoms with van der Waals surface area (Å²) in [7, 11) is 0. The van der Waals surface area contributed by atoms with E-state index in [4.69, 9.17) is 4.98 Å². The van der Waals surface area contributed by atoms with Crippen LogP contribution < -0.4 is 0 Å². The topological polar surface area (TPSA) is 43.6 Å². The number of thiazole rings is 1. The van der Waals surface area contributed by atoms with Crippen LogP contribution in [0.1, 0.15) is 16.7 Å². The molecule has 0 aliphatic carbocycles. The minimum Gasteiger partial charge on any atom is -0.306 e. The minimum atomic E-state index is -0.736. The Balaban J connectivity index is 1.68. The zero-order valence-electron chi connectivity index (χ0n) is 20.2. The lowest BCUT2D eigenvalue weighted by Crippen LogP contribution is -2.37. The van der Waals surface area contributed by atoms with Gasteiger partial charge in [-0.2, -0.15) is 4.39 Å². The normalized spacial score (nSPS) is 11.8. The number of aromatic nitrogens is 4. The van der Waals surface area contributed by atoms with Crippen molar-refractivity contribution in [2.45, 2.75) is 5.54 Å². The lowest BCUT2D eigenvalue weighted by molar-refractivity contribution is 0.546. The highest BCUT2D eigenvalue weighted by Gasteiger charge is 2.41. The molecule has 0 atom stereocenters. The molecule has 4 heterocycles. The van der Waals surface area contributed by atoms with Crippen molar-refractivity contribution in [2.24, 2.45) is 0 Å². The molecular formula is C32H21FN4S. The molecular weight excluding hydrogens is 491 g/mol. The van der Waals surface area contributed by atoms with E-state index in [9.17, 15) is 4.39 Å². The first-order valence-corrected chi connectivity index (χ1v) is 13.1. The summed E-state index contributed by atoms with van der Waals surface area (Å²) in [6.07, 6.45) is 5.20. The van der Waals surface area contributed by atoms with Gasteiger partial charge in [-0.15, -0.1) is 11.3 Å². The molecule has 6 heteroatoms. The maximum Gasteiger partial charge on any atom is 0.213 e. The Kier molecular flexibility index (Phi) is 5.34. The van der Waals surface area contributed by atoms with Gasteiger partial charge in [0, 0.05) is 35.6 Å². The van der Waals surface area contributed by atoms with Crippen LogP contribution in [0.15, 0.2) is 128 Å². The van der Waals surface area contributed by atoms with E-state index in [1.807, 2.05) is 30.6 Å². The fourth-order valence-corrected chi connectivity index (χ4v) is 6.50. The predicted molar refractivity (Wildman–Crippen MR) is 151 cm³/mol. The van der Waals surface area contributed by atoms with Crippen LogP contribution in [0.2, 0.25) is 0 Å². The number of nitrogens with zero attached hydrogens (tertiary/aromatic N) is 4. The van der Waals surface area contributed by atoms with Crippen LogP contribution in [0, 0.1) is 5.95 Å². The van der Waals surface area contributed by atoms with Gasteiger partial charge >= 0.3 is 0 Å². The zero-order chi connectivity index (χ0) is 25.5. The van der Waals surface area contributed by atoms with Gasteiger partial charge in [0.05, 0.1) is 10.2 Å². The molecule has 4 aromatic heterocycles. The van der Waals surface area contributed by atoms with Crippen molar-refractivity contribution in [3.8, 4) is 10.6 Å². The van der Waals surface area contributed by atoms with Crippen molar-refractivity contribution in [1.29, 1.82) is 0 Å². The molecule has 0 aliphatic heterocycles. The molecule has 7 rings (SSSR count). The Hall–Kier alpha value is -4.68. The summed E-state index contributed by atoms with van der Waals surface area (Å²) >= 11 is 1.54. The van der Waals surface area contributed by atoms with E-state index in [-0.39, 0.29) is 0 Å². The van der Waals surface area contributed by atoms with Crippen molar-refractivity contribution in [1.82, 2.24) is 19.5 Å². The third-order valence-corrected chi connectivity index (χ3v) is 8.12. The summed E-state index contributed by atoms with van der Waals surface area (Å²) in [6, 6.07) is 36.9. The number of rotatable bonds is 5. The summed E-state index contributed by atoms with van der Waals surface area (Å²) in [6.45, 7) is 0. The quantitative estimate of drug-likeness (QED) is 0.175. The molecule has 0 unspecified atom stereocenters. The molecule has 182 valence electrons. The van der Waals surface area contributed by atoms with Crippen LogP contribution in [0.3, 0.4) is 0 Å². The number of halogens is 1. The van der Waals surface area contributed by atoms with Gasteiger partial charge in [-0.25, -0.2) is 9.97 Å². The Morgan fingerprint density at radius 3 is 1.89 bits per heavy atom. The molecule has 0 saturated carbocycles. The fourth-order valence-electron chi connectivity index (χ4n) is 5.43. The average molecular weight is 513 g/mol. The summed E-state index contributed by atoms with van der Waals surface area (Å²) in [5, 5.41) is 1.74. The molecule has 0 spiro atoms. The van der Waals surface area contributed by atoms with Gasteiger partial charge in [-0.1, -0.05) is 91.0 Å². The van der Waals surface area contributed by atoms with Crippen molar-refractivity contribution < 1.29 is 4.39 Å². The van der Waals surface area contributed by atoms with Gasteiger partial charge in [0.1, 0.15) is 10.5 Å². The molecule has 7 aromatic rings. The van der Waals surface area contributed by atoms with E-state index < -0.39 is 11.5 Å². The minimum absolute atomic E-state index is 0.524. The number of hydrogen-bond acceptors (Lipinski definition) is 4. The molecule has 3 aromatic carbocycles. The monoisotopic (exact) mass is 512 g/mol. The Bertz CT molecular complexity index is 1780. The number of benzene rings is 3. The molecule has 0 aliphatic rings. The molecule has 0 N–H and O–H groups in total.